The Labute approximate surface area is 137 Å². The summed E-state index contributed by atoms with van der Waals surface area (Å²) in [5.41, 5.74) is 2.81. The van der Waals surface area contributed by atoms with E-state index in [1.54, 1.807) is 11.8 Å². The normalized spacial score (nSPS) is 11.7. The van der Waals surface area contributed by atoms with E-state index in [9.17, 15) is 0 Å². The van der Waals surface area contributed by atoms with Gasteiger partial charge in [-0.2, -0.15) is 0 Å². The second-order valence-corrected chi connectivity index (χ2v) is 7.83. The first-order valence-electron chi connectivity index (χ1n) is 7.11. The zero-order valence-electron chi connectivity index (χ0n) is 13.0. The summed E-state index contributed by atoms with van der Waals surface area (Å²) in [4.78, 5) is 2.41. The van der Waals surface area contributed by atoms with Crippen molar-refractivity contribution in [3.8, 4) is 0 Å². The standard InChI is InChI=1S/C18H22ClNS/c1-13-10-17(21-16-7-5-6-15(19)11-16)9-8-14(13)12-20-18(2,3)4/h5-11,20H,12H2,1-4H3. The summed E-state index contributed by atoms with van der Waals surface area (Å²) in [6.07, 6.45) is 0. The Morgan fingerprint density at radius 2 is 1.76 bits per heavy atom. The van der Waals surface area contributed by atoms with Crippen LogP contribution in [0.3, 0.4) is 0 Å². The van der Waals surface area contributed by atoms with Crippen molar-refractivity contribution in [3.63, 3.8) is 0 Å². The zero-order valence-corrected chi connectivity index (χ0v) is 14.6. The minimum absolute atomic E-state index is 0.140. The third kappa shape index (κ3) is 5.39. The van der Waals surface area contributed by atoms with Gasteiger partial charge in [-0.25, -0.2) is 0 Å². The molecule has 0 aliphatic carbocycles. The average molecular weight is 320 g/mol. The monoisotopic (exact) mass is 319 g/mol. The van der Waals surface area contributed by atoms with E-state index in [0.29, 0.717) is 0 Å². The van der Waals surface area contributed by atoms with E-state index >= 15 is 0 Å². The predicted octanol–water partition coefficient (Wildman–Crippen LogP) is 5.69. The molecule has 0 spiro atoms. The van der Waals surface area contributed by atoms with E-state index in [1.165, 1.54) is 20.9 Å². The van der Waals surface area contributed by atoms with Crippen LogP contribution in [-0.2, 0) is 6.54 Å². The fourth-order valence-corrected chi connectivity index (χ4v) is 3.19. The first-order valence-corrected chi connectivity index (χ1v) is 8.31. The van der Waals surface area contributed by atoms with E-state index in [4.69, 9.17) is 11.6 Å². The Balaban J connectivity index is 2.08. The van der Waals surface area contributed by atoms with Crippen LogP contribution in [0.15, 0.2) is 52.3 Å². The van der Waals surface area contributed by atoms with E-state index in [2.05, 4.69) is 57.3 Å². The number of rotatable bonds is 4. The lowest BCUT2D eigenvalue weighted by Crippen LogP contribution is -2.35. The van der Waals surface area contributed by atoms with Crippen LogP contribution in [0.2, 0.25) is 5.02 Å². The molecule has 0 aliphatic rings. The van der Waals surface area contributed by atoms with E-state index < -0.39 is 0 Å². The summed E-state index contributed by atoms with van der Waals surface area (Å²) >= 11 is 7.77. The van der Waals surface area contributed by atoms with Crippen LogP contribution >= 0.6 is 23.4 Å². The van der Waals surface area contributed by atoms with E-state index in [0.717, 1.165) is 11.6 Å². The van der Waals surface area contributed by atoms with Gasteiger partial charge in [0.15, 0.2) is 0 Å². The maximum Gasteiger partial charge on any atom is 0.0417 e. The number of benzene rings is 2. The Hall–Kier alpha value is -0.960. The van der Waals surface area contributed by atoms with Gasteiger partial charge in [-0.3, -0.25) is 0 Å². The van der Waals surface area contributed by atoms with Gasteiger partial charge < -0.3 is 5.32 Å². The van der Waals surface area contributed by atoms with E-state index in [-0.39, 0.29) is 5.54 Å². The van der Waals surface area contributed by atoms with Crippen LogP contribution in [0.5, 0.6) is 0 Å². The molecule has 0 saturated carbocycles. The van der Waals surface area contributed by atoms with Gasteiger partial charge >= 0.3 is 0 Å². The lowest BCUT2D eigenvalue weighted by atomic mass is 10.1. The molecule has 1 nitrogen and oxygen atoms in total. The number of nitrogens with one attached hydrogen (secondary N) is 1. The van der Waals surface area contributed by atoms with Crippen LogP contribution in [0.25, 0.3) is 0 Å². The number of hydrogen-bond acceptors (Lipinski definition) is 2. The van der Waals surface area contributed by atoms with Gasteiger partial charge in [-0.15, -0.1) is 0 Å². The van der Waals surface area contributed by atoms with Crippen molar-refractivity contribution in [2.75, 3.05) is 0 Å². The Kier molecular flexibility index (Phi) is 5.37. The molecule has 0 amide bonds. The second-order valence-electron chi connectivity index (χ2n) is 6.25. The molecule has 2 aromatic rings. The van der Waals surface area contributed by atoms with Crippen molar-refractivity contribution in [2.24, 2.45) is 0 Å². The van der Waals surface area contributed by atoms with Crippen molar-refractivity contribution >= 4 is 23.4 Å². The van der Waals surface area contributed by atoms with Crippen LogP contribution in [0, 0.1) is 6.92 Å². The molecule has 0 saturated heterocycles. The Bertz CT molecular complexity index is 617. The zero-order chi connectivity index (χ0) is 15.5. The van der Waals surface area contributed by atoms with Crippen molar-refractivity contribution in [1.82, 2.24) is 5.32 Å². The molecule has 0 aliphatic heterocycles. The first-order chi connectivity index (χ1) is 9.83. The summed E-state index contributed by atoms with van der Waals surface area (Å²) in [5, 5.41) is 4.31. The van der Waals surface area contributed by atoms with Crippen molar-refractivity contribution in [3.05, 3.63) is 58.6 Å². The molecule has 0 bridgehead atoms. The van der Waals surface area contributed by atoms with Crippen LogP contribution in [0.4, 0.5) is 0 Å². The molecule has 0 radical (unpaired) electrons. The fourth-order valence-electron chi connectivity index (χ4n) is 1.96. The highest BCUT2D eigenvalue weighted by atomic mass is 35.5. The van der Waals surface area contributed by atoms with Crippen LogP contribution in [-0.4, -0.2) is 5.54 Å². The van der Waals surface area contributed by atoms with Crippen LogP contribution < -0.4 is 5.32 Å². The van der Waals surface area contributed by atoms with Crippen molar-refractivity contribution < 1.29 is 0 Å². The quantitative estimate of drug-likeness (QED) is 0.777. The molecule has 1 N–H and O–H groups in total. The average Bonchev–Trinajstić information content (AvgIpc) is 2.36. The molecular weight excluding hydrogens is 298 g/mol. The summed E-state index contributed by atoms with van der Waals surface area (Å²) < 4.78 is 0. The largest absolute Gasteiger partial charge is 0.308 e. The highest BCUT2D eigenvalue weighted by Crippen LogP contribution is 2.30. The fraction of sp³-hybridized carbons (Fsp3) is 0.333. The highest BCUT2D eigenvalue weighted by Gasteiger charge is 2.09. The van der Waals surface area contributed by atoms with Gasteiger partial charge in [0.25, 0.3) is 0 Å². The van der Waals surface area contributed by atoms with Crippen molar-refractivity contribution in [2.45, 2.75) is 49.6 Å². The van der Waals surface area contributed by atoms with Gasteiger partial charge in [0, 0.05) is 26.9 Å². The summed E-state index contributed by atoms with van der Waals surface area (Å²) in [6, 6.07) is 14.6. The molecule has 112 valence electrons. The molecule has 0 fully saturated rings. The second kappa shape index (κ2) is 6.87. The lowest BCUT2D eigenvalue weighted by molar-refractivity contribution is 0.424. The molecule has 0 unspecified atom stereocenters. The molecule has 21 heavy (non-hydrogen) atoms. The predicted molar refractivity (Wildman–Crippen MR) is 93.3 cm³/mol. The molecule has 2 rings (SSSR count). The third-order valence-corrected chi connectivity index (χ3v) is 4.37. The SMILES string of the molecule is Cc1cc(Sc2cccc(Cl)c2)ccc1CNC(C)(C)C. The minimum Gasteiger partial charge on any atom is -0.308 e. The van der Waals surface area contributed by atoms with Gasteiger partial charge in [-0.05, 0) is 69.2 Å². The first kappa shape index (κ1) is 16.4. The number of hydrogen-bond donors (Lipinski definition) is 1. The maximum absolute atomic E-state index is 6.03. The molecule has 0 heterocycles. The molecule has 0 atom stereocenters. The Morgan fingerprint density at radius 1 is 1.05 bits per heavy atom. The Morgan fingerprint density at radius 3 is 2.38 bits per heavy atom. The molecule has 0 aromatic heterocycles. The molecular formula is C18H22ClNS. The highest BCUT2D eigenvalue weighted by molar-refractivity contribution is 7.99. The van der Waals surface area contributed by atoms with E-state index in [1.807, 2.05) is 18.2 Å². The number of aryl methyl sites for hydroxylation is 1. The molecule has 2 aromatic carbocycles. The van der Waals surface area contributed by atoms with Gasteiger partial charge in [0.05, 0.1) is 0 Å². The summed E-state index contributed by atoms with van der Waals surface area (Å²) in [7, 11) is 0. The summed E-state index contributed by atoms with van der Waals surface area (Å²) in [5.74, 6) is 0. The number of halogens is 1. The van der Waals surface area contributed by atoms with Gasteiger partial charge in [-0.1, -0.05) is 35.5 Å². The smallest absolute Gasteiger partial charge is 0.0417 e. The topological polar surface area (TPSA) is 12.0 Å². The minimum atomic E-state index is 0.140. The van der Waals surface area contributed by atoms with Gasteiger partial charge in [0.1, 0.15) is 0 Å². The van der Waals surface area contributed by atoms with Crippen LogP contribution in [0.1, 0.15) is 31.9 Å². The lowest BCUT2D eigenvalue weighted by Gasteiger charge is -2.21. The maximum atomic E-state index is 6.03. The third-order valence-electron chi connectivity index (χ3n) is 3.16. The molecule has 3 heteroatoms. The van der Waals surface area contributed by atoms with Gasteiger partial charge in [0.2, 0.25) is 0 Å². The summed E-state index contributed by atoms with van der Waals surface area (Å²) in [6.45, 7) is 9.63. The van der Waals surface area contributed by atoms with Crippen molar-refractivity contribution in [1.29, 1.82) is 0 Å².